The molecule has 0 radical (unpaired) electrons. The molecule has 0 aliphatic heterocycles. The molecule has 2 amide bonds. The van der Waals surface area contributed by atoms with Crippen molar-refractivity contribution in [2.45, 2.75) is 45.4 Å². The van der Waals surface area contributed by atoms with Crippen molar-refractivity contribution < 1.29 is 29.0 Å². The zero-order valence-corrected chi connectivity index (χ0v) is 15.5. The van der Waals surface area contributed by atoms with Gasteiger partial charge in [-0.1, -0.05) is 30.3 Å². The molecule has 0 heterocycles. The lowest BCUT2D eigenvalue weighted by atomic mass is 10.2. The molecule has 0 fully saturated rings. The summed E-state index contributed by atoms with van der Waals surface area (Å²) < 4.78 is 10.2. The van der Waals surface area contributed by atoms with Gasteiger partial charge in [0.15, 0.2) is 0 Å². The molecule has 0 aromatic heterocycles. The number of rotatable bonds is 7. The largest absolute Gasteiger partial charge is 0.480 e. The molecule has 0 bridgehead atoms. The zero-order valence-electron chi connectivity index (χ0n) is 15.5. The first-order valence-electron chi connectivity index (χ1n) is 8.22. The van der Waals surface area contributed by atoms with Crippen molar-refractivity contribution in [3.8, 4) is 0 Å². The van der Waals surface area contributed by atoms with Crippen LogP contribution in [0.5, 0.6) is 0 Å². The average molecular weight is 366 g/mol. The molecule has 1 rings (SSSR count). The summed E-state index contributed by atoms with van der Waals surface area (Å²) in [6.07, 6.45) is -1.37. The fourth-order valence-corrected chi connectivity index (χ4v) is 1.92. The molecule has 26 heavy (non-hydrogen) atoms. The van der Waals surface area contributed by atoms with E-state index in [-0.39, 0.29) is 19.6 Å². The van der Waals surface area contributed by atoms with Gasteiger partial charge in [-0.2, -0.15) is 0 Å². The first kappa shape index (κ1) is 21.3. The van der Waals surface area contributed by atoms with Crippen molar-refractivity contribution in [2.75, 3.05) is 13.6 Å². The fourth-order valence-electron chi connectivity index (χ4n) is 1.92. The standard InChI is InChI=1S/C18H26N2O6/c1-18(2,3)26-17(24)20(4)11-10-14(15(21)22)19-16(23)25-12-13-8-6-5-7-9-13/h5-9,14H,10-12H2,1-4H3,(H,19,23)(H,21,22). The number of aliphatic carboxylic acids is 1. The van der Waals surface area contributed by atoms with Crippen LogP contribution >= 0.6 is 0 Å². The van der Waals surface area contributed by atoms with Crippen molar-refractivity contribution in [3.63, 3.8) is 0 Å². The lowest BCUT2D eigenvalue weighted by molar-refractivity contribution is -0.139. The highest BCUT2D eigenvalue weighted by Crippen LogP contribution is 2.09. The van der Waals surface area contributed by atoms with Crippen molar-refractivity contribution in [2.24, 2.45) is 0 Å². The van der Waals surface area contributed by atoms with Crippen molar-refractivity contribution in [3.05, 3.63) is 35.9 Å². The number of hydrogen-bond acceptors (Lipinski definition) is 5. The minimum Gasteiger partial charge on any atom is -0.480 e. The number of ether oxygens (including phenoxy) is 2. The van der Waals surface area contributed by atoms with Crippen LogP contribution in [-0.2, 0) is 20.9 Å². The molecule has 0 spiro atoms. The van der Waals surface area contributed by atoms with E-state index in [1.165, 1.54) is 11.9 Å². The number of alkyl carbamates (subject to hydrolysis) is 1. The Balaban J connectivity index is 2.46. The lowest BCUT2D eigenvalue weighted by Gasteiger charge is -2.25. The molecule has 2 N–H and O–H groups in total. The summed E-state index contributed by atoms with van der Waals surface area (Å²) >= 11 is 0. The van der Waals surface area contributed by atoms with E-state index in [0.29, 0.717) is 0 Å². The maximum atomic E-state index is 11.9. The van der Waals surface area contributed by atoms with Crippen molar-refractivity contribution in [1.29, 1.82) is 0 Å². The number of benzene rings is 1. The quantitative estimate of drug-likeness (QED) is 0.768. The van der Waals surface area contributed by atoms with E-state index in [0.717, 1.165) is 5.56 Å². The summed E-state index contributed by atoms with van der Waals surface area (Å²) in [5.74, 6) is -1.21. The summed E-state index contributed by atoms with van der Waals surface area (Å²) in [7, 11) is 1.50. The highest BCUT2D eigenvalue weighted by Gasteiger charge is 2.24. The maximum Gasteiger partial charge on any atom is 0.410 e. The summed E-state index contributed by atoms with van der Waals surface area (Å²) in [6.45, 7) is 5.36. The van der Waals surface area contributed by atoms with E-state index in [2.05, 4.69) is 5.32 Å². The topological polar surface area (TPSA) is 105 Å². The van der Waals surface area contributed by atoms with Gasteiger partial charge in [0.05, 0.1) is 0 Å². The van der Waals surface area contributed by atoms with E-state index in [4.69, 9.17) is 9.47 Å². The van der Waals surface area contributed by atoms with Gasteiger partial charge >= 0.3 is 18.2 Å². The van der Waals surface area contributed by atoms with Crippen molar-refractivity contribution in [1.82, 2.24) is 10.2 Å². The zero-order chi connectivity index (χ0) is 19.7. The Labute approximate surface area is 153 Å². The number of carbonyl (C=O) groups is 3. The molecule has 144 valence electrons. The van der Waals surface area contributed by atoms with Gasteiger partial charge in [-0.3, -0.25) is 0 Å². The van der Waals surface area contributed by atoms with Crippen LogP contribution in [0.4, 0.5) is 9.59 Å². The van der Waals surface area contributed by atoms with Crippen LogP contribution < -0.4 is 5.32 Å². The van der Waals surface area contributed by atoms with Crippen LogP contribution in [0.15, 0.2) is 30.3 Å². The first-order chi connectivity index (χ1) is 12.1. The van der Waals surface area contributed by atoms with Gasteiger partial charge in [-0.25, -0.2) is 14.4 Å². The number of nitrogens with one attached hydrogen (secondary N) is 1. The first-order valence-corrected chi connectivity index (χ1v) is 8.22. The molecular weight excluding hydrogens is 340 g/mol. The van der Waals surface area contributed by atoms with Crippen molar-refractivity contribution >= 4 is 18.2 Å². The molecule has 0 aliphatic carbocycles. The van der Waals surface area contributed by atoms with E-state index >= 15 is 0 Å². The highest BCUT2D eigenvalue weighted by atomic mass is 16.6. The Kier molecular flexibility index (Phi) is 7.89. The molecule has 1 aromatic carbocycles. The van der Waals surface area contributed by atoms with Gasteiger partial charge in [-0.15, -0.1) is 0 Å². The smallest absolute Gasteiger partial charge is 0.410 e. The molecule has 1 atom stereocenters. The Morgan fingerprint density at radius 2 is 1.81 bits per heavy atom. The number of hydrogen-bond donors (Lipinski definition) is 2. The van der Waals surface area contributed by atoms with E-state index in [1.807, 2.05) is 18.2 Å². The number of nitrogens with zero attached hydrogens (tertiary/aromatic N) is 1. The monoisotopic (exact) mass is 366 g/mol. The summed E-state index contributed by atoms with van der Waals surface area (Å²) in [4.78, 5) is 36.2. The van der Waals surface area contributed by atoms with Gasteiger partial charge < -0.3 is 24.8 Å². The molecule has 1 aromatic rings. The molecule has 0 saturated carbocycles. The summed E-state index contributed by atoms with van der Waals surface area (Å²) in [6, 6.07) is 7.86. The van der Waals surface area contributed by atoms with Crippen LogP contribution in [-0.4, -0.2) is 53.4 Å². The number of amides is 2. The Hall–Kier alpha value is -2.77. The number of carbonyl (C=O) groups excluding carboxylic acids is 2. The lowest BCUT2D eigenvalue weighted by Crippen LogP contribution is -2.44. The number of carboxylic acids is 1. The van der Waals surface area contributed by atoms with Gasteiger partial charge in [-0.05, 0) is 32.8 Å². The average Bonchev–Trinajstić information content (AvgIpc) is 2.55. The molecule has 8 heteroatoms. The number of carboxylic acid groups (broad SMARTS) is 1. The highest BCUT2D eigenvalue weighted by molar-refractivity contribution is 5.80. The second kappa shape index (κ2) is 9.65. The van der Waals surface area contributed by atoms with Gasteiger partial charge in [0.2, 0.25) is 0 Å². The fraction of sp³-hybridized carbons (Fsp3) is 0.500. The van der Waals surface area contributed by atoms with Crippen LogP contribution in [0.25, 0.3) is 0 Å². The SMILES string of the molecule is CN(CCC(NC(=O)OCc1ccccc1)C(=O)O)C(=O)OC(C)(C)C. The third kappa shape index (κ3) is 8.36. The molecule has 0 saturated heterocycles. The molecular formula is C18H26N2O6. The van der Waals surface area contributed by atoms with E-state index in [9.17, 15) is 19.5 Å². The minimum absolute atomic E-state index is 0.0194. The Morgan fingerprint density at radius 3 is 2.35 bits per heavy atom. The normalized spacial score (nSPS) is 12.0. The summed E-state index contributed by atoms with van der Waals surface area (Å²) in [5, 5.41) is 11.5. The van der Waals surface area contributed by atoms with E-state index < -0.39 is 29.8 Å². The Bertz CT molecular complexity index is 612. The van der Waals surface area contributed by atoms with Crippen LogP contribution in [0.2, 0.25) is 0 Å². The third-order valence-corrected chi connectivity index (χ3v) is 3.26. The second-order valence-corrected chi connectivity index (χ2v) is 6.79. The van der Waals surface area contributed by atoms with Gasteiger partial charge in [0, 0.05) is 13.6 Å². The molecule has 0 aliphatic rings. The molecule has 8 nitrogen and oxygen atoms in total. The van der Waals surface area contributed by atoms with Crippen LogP contribution in [0, 0.1) is 0 Å². The minimum atomic E-state index is -1.21. The summed E-state index contributed by atoms with van der Waals surface area (Å²) in [5.41, 5.74) is 0.149. The predicted molar refractivity (Wildman–Crippen MR) is 94.7 cm³/mol. The predicted octanol–water partition coefficient (Wildman–Crippen LogP) is 2.62. The maximum absolute atomic E-state index is 11.9. The second-order valence-electron chi connectivity index (χ2n) is 6.79. The van der Waals surface area contributed by atoms with E-state index in [1.54, 1.807) is 32.9 Å². The van der Waals surface area contributed by atoms with Gasteiger partial charge in [0.25, 0.3) is 0 Å². The van der Waals surface area contributed by atoms with Crippen LogP contribution in [0.1, 0.15) is 32.8 Å². The molecule has 1 unspecified atom stereocenters. The Morgan fingerprint density at radius 1 is 1.19 bits per heavy atom. The van der Waals surface area contributed by atoms with Gasteiger partial charge in [0.1, 0.15) is 18.2 Å². The van der Waals surface area contributed by atoms with Crippen LogP contribution in [0.3, 0.4) is 0 Å². The third-order valence-electron chi connectivity index (χ3n) is 3.26.